The quantitative estimate of drug-likeness (QED) is 0.192. The van der Waals surface area contributed by atoms with Crippen LogP contribution in [0.3, 0.4) is 0 Å². The zero-order chi connectivity index (χ0) is 26.6. The molecule has 1 saturated heterocycles. The van der Waals surface area contributed by atoms with Crippen molar-refractivity contribution >= 4 is 52.5 Å². The highest BCUT2D eigenvalue weighted by molar-refractivity contribution is 8.18. The molecule has 0 bridgehead atoms. The lowest BCUT2D eigenvalue weighted by Gasteiger charge is -2.13. The largest absolute Gasteiger partial charge is 0.490 e. The summed E-state index contributed by atoms with van der Waals surface area (Å²) in [7, 11) is 1.22. The summed E-state index contributed by atoms with van der Waals surface area (Å²) in [5.41, 5.74) is 1.61. The number of amides is 2. The summed E-state index contributed by atoms with van der Waals surface area (Å²) in [6.45, 7) is 2.46. The number of nitrogens with one attached hydrogen (secondary N) is 2. The number of esters is 1. The Bertz CT molecular complexity index is 1230. The first kappa shape index (κ1) is 27.8. The molecular formula is C25H25ClN4O6S. The highest BCUT2D eigenvalue weighted by Gasteiger charge is 2.25. The average Bonchev–Trinajstić information content (AvgIpc) is 3.23. The van der Waals surface area contributed by atoms with E-state index in [0.717, 1.165) is 23.4 Å². The summed E-state index contributed by atoms with van der Waals surface area (Å²) in [6, 6.07) is 13.0. The Hall–Kier alpha value is -3.83. The zero-order valence-electron chi connectivity index (χ0n) is 20.2. The molecule has 194 valence electrons. The maximum atomic E-state index is 12.2. The van der Waals surface area contributed by atoms with Gasteiger partial charge in [0, 0.05) is 24.3 Å². The SMILES string of the molecule is CCOc1cc(C=N/N=C2/NC(=O)/C(=C\C(=O)OC)S2)c(Cl)cc1OCC(=O)NCCc1ccccc1. The van der Waals surface area contributed by atoms with Crippen molar-refractivity contribution in [2.45, 2.75) is 13.3 Å². The van der Waals surface area contributed by atoms with Gasteiger partial charge in [-0.05, 0) is 36.7 Å². The minimum atomic E-state index is -0.649. The van der Waals surface area contributed by atoms with Gasteiger partial charge in [0.05, 0.1) is 29.9 Å². The molecule has 0 radical (unpaired) electrons. The first-order chi connectivity index (χ1) is 17.9. The second-order valence-corrected chi connectivity index (χ2v) is 8.80. The fourth-order valence-electron chi connectivity index (χ4n) is 3.00. The molecule has 10 nitrogen and oxygen atoms in total. The maximum absolute atomic E-state index is 12.2. The molecule has 0 aliphatic carbocycles. The molecule has 2 aromatic rings. The number of ether oxygens (including phenoxy) is 3. The minimum absolute atomic E-state index is 0.142. The van der Waals surface area contributed by atoms with Crippen molar-refractivity contribution in [2.24, 2.45) is 10.2 Å². The number of rotatable bonds is 11. The summed E-state index contributed by atoms with van der Waals surface area (Å²) in [5.74, 6) is -0.710. The van der Waals surface area contributed by atoms with E-state index in [4.69, 9.17) is 21.1 Å². The van der Waals surface area contributed by atoms with Crippen LogP contribution in [-0.2, 0) is 25.5 Å². The van der Waals surface area contributed by atoms with Gasteiger partial charge in [-0.25, -0.2) is 4.79 Å². The Morgan fingerprint density at radius 3 is 2.65 bits per heavy atom. The van der Waals surface area contributed by atoms with Crippen LogP contribution in [-0.4, -0.2) is 56.0 Å². The van der Waals surface area contributed by atoms with Crippen LogP contribution in [0.25, 0.3) is 0 Å². The van der Waals surface area contributed by atoms with Gasteiger partial charge in [-0.2, -0.15) is 5.10 Å². The first-order valence-electron chi connectivity index (χ1n) is 11.2. The fourth-order valence-corrected chi connectivity index (χ4v) is 3.94. The predicted molar refractivity (Wildman–Crippen MR) is 142 cm³/mol. The summed E-state index contributed by atoms with van der Waals surface area (Å²) in [4.78, 5) is 35.6. The van der Waals surface area contributed by atoms with E-state index in [1.165, 1.54) is 19.4 Å². The maximum Gasteiger partial charge on any atom is 0.331 e. The normalized spacial score (nSPS) is 15.2. The van der Waals surface area contributed by atoms with E-state index in [9.17, 15) is 14.4 Å². The van der Waals surface area contributed by atoms with Gasteiger partial charge in [0.1, 0.15) is 0 Å². The van der Waals surface area contributed by atoms with E-state index in [1.807, 2.05) is 37.3 Å². The lowest BCUT2D eigenvalue weighted by Crippen LogP contribution is -2.30. The van der Waals surface area contributed by atoms with Crippen LogP contribution in [0, 0.1) is 0 Å². The van der Waals surface area contributed by atoms with E-state index < -0.39 is 11.9 Å². The van der Waals surface area contributed by atoms with Crippen molar-refractivity contribution in [3.8, 4) is 11.5 Å². The third-order valence-electron chi connectivity index (χ3n) is 4.75. The molecule has 2 amide bonds. The van der Waals surface area contributed by atoms with Gasteiger partial charge < -0.3 is 19.5 Å². The molecule has 12 heteroatoms. The first-order valence-corrected chi connectivity index (χ1v) is 12.4. The van der Waals surface area contributed by atoms with Crippen molar-refractivity contribution in [3.63, 3.8) is 0 Å². The number of amidine groups is 1. The molecule has 0 atom stereocenters. The van der Waals surface area contributed by atoms with Crippen molar-refractivity contribution in [1.82, 2.24) is 10.6 Å². The highest BCUT2D eigenvalue weighted by atomic mass is 35.5. The molecule has 0 aromatic heterocycles. The molecule has 1 heterocycles. The molecule has 1 fully saturated rings. The van der Waals surface area contributed by atoms with Crippen molar-refractivity contribution in [2.75, 3.05) is 26.9 Å². The van der Waals surface area contributed by atoms with Gasteiger partial charge in [-0.3, -0.25) is 14.9 Å². The Labute approximate surface area is 223 Å². The molecular weight excluding hydrogens is 520 g/mol. The molecule has 37 heavy (non-hydrogen) atoms. The number of carbonyl (C=O) groups excluding carboxylic acids is 3. The predicted octanol–water partition coefficient (Wildman–Crippen LogP) is 3.09. The standard InChI is InChI=1S/C25H25ClN4O6S/c1-3-35-19-11-17(14-28-30-25-29-24(33)21(37-25)13-23(32)34-2)18(26)12-20(19)36-15-22(31)27-10-9-16-7-5-4-6-8-16/h4-8,11-14H,3,9-10,15H2,1-2H3,(H,27,31)(H,29,30,33)/b21-13+,28-14?. The number of nitrogens with zero attached hydrogens (tertiary/aromatic N) is 2. The Morgan fingerprint density at radius 1 is 1.16 bits per heavy atom. The van der Waals surface area contributed by atoms with Crippen LogP contribution >= 0.6 is 23.4 Å². The monoisotopic (exact) mass is 544 g/mol. The van der Waals surface area contributed by atoms with Gasteiger partial charge in [-0.15, -0.1) is 5.10 Å². The lowest BCUT2D eigenvalue weighted by molar-refractivity contribution is -0.135. The number of carbonyl (C=O) groups is 3. The van der Waals surface area contributed by atoms with Crippen molar-refractivity contribution in [1.29, 1.82) is 0 Å². The van der Waals surface area contributed by atoms with Gasteiger partial charge in [0.15, 0.2) is 23.3 Å². The van der Waals surface area contributed by atoms with Crippen LogP contribution < -0.4 is 20.1 Å². The smallest absolute Gasteiger partial charge is 0.331 e. The fraction of sp³-hybridized carbons (Fsp3) is 0.240. The molecule has 3 rings (SSSR count). The summed E-state index contributed by atoms with van der Waals surface area (Å²) >= 11 is 7.32. The van der Waals surface area contributed by atoms with Crippen LogP contribution in [0.5, 0.6) is 11.5 Å². The number of benzene rings is 2. The topological polar surface area (TPSA) is 128 Å². The molecule has 1 aliphatic rings. The van der Waals surface area contributed by atoms with E-state index >= 15 is 0 Å². The molecule has 2 aromatic carbocycles. The second-order valence-electron chi connectivity index (χ2n) is 7.37. The number of thioether (sulfide) groups is 1. The molecule has 0 spiro atoms. The van der Waals surface area contributed by atoms with Crippen molar-refractivity contribution < 1.29 is 28.6 Å². The Morgan fingerprint density at radius 2 is 1.92 bits per heavy atom. The van der Waals surface area contributed by atoms with Crippen LogP contribution in [0.1, 0.15) is 18.1 Å². The summed E-state index contributed by atoms with van der Waals surface area (Å²) in [5, 5.41) is 13.7. The summed E-state index contributed by atoms with van der Waals surface area (Å²) in [6.07, 6.45) is 3.16. The number of hydrogen-bond acceptors (Lipinski definition) is 9. The van der Waals surface area contributed by atoms with Gasteiger partial charge in [-0.1, -0.05) is 41.9 Å². The third-order valence-corrected chi connectivity index (χ3v) is 5.97. The van der Waals surface area contributed by atoms with Gasteiger partial charge in [0.25, 0.3) is 11.8 Å². The average molecular weight is 545 g/mol. The van der Waals surface area contributed by atoms with E-state index in [2.05, 4.69) is 25.6 Å². The molecule has 2 N–H and O–H groups in total. The lowest BCUT2D eigenvalue weighted by atomic mass is 10.1. The van der Waals surface area contributed by atoms with Gasteiger partial charge >= 0.3 is 5.97 Å². The third kappa shape index (κ3) is 8.65. The minimum Gasteiger partial charge on any atom is -0.490 e. The zero-order valence-corrected chi connectivity index (χ0v) is 21.7. The van der Waals surface area contributed by atoms with Crippen LogP contribution in [0.2, 0.25) is 5.02 Å². The van der Waals surface area contributed by atoms with Gasteiger partial charge in [0.2, 0.25) is 0 Å². The Balaban J connectivity index is 1.60. The van der Waals surface area contributed by atoms with E-state index in [0.29, 0.717) is 41.7 Å². The number of halogens is 1. The number of hydrogen-bond donors (Lipinski definition) is 2. The molecule has 0 unspecified atom stereocenters. The van der Waals surface area contributed by atoms with Crippen molar-refractivity contribution in [3.05, 3.63) is 69.6 Å². The summed E-state index contributed by atoms with van der Waals surface area (Å²) < 4.78 is 15.8. The van der Waals surface area contributed by atoms with Crippen LogP contribution in [0.15, 0.2) is 63.6 Å². The molecule has 0 saturated carbocycles. The van der Waals surface area contributed by atoms with Crippen LogP contribution in [0.4, 0.5) is 0 Å². The van der Waals surface area contributed by atoms with E-state index in [-0.39, 0.29) is 22.6 Å². The Kier molecular flexibility index (Phi) is 10.5. The second kappa shape index (κ2) is 14.0. The number of methoxy groups -OCH3 is 1. The molecule has 1 aliphatic heterocycles. The highest BCUT2D eigenvalue weighted by Crippen LogP contribution is 2.33. The van der Waals surface area contributed by atoms with E-state index in [1.54, 1.807) is 6.07 Å².